The molecule has 4 heterocycles. The molecule has 5 rings (SSSR count). The number of hydrogen-bond acceptors (Lipinski definition) is 4. The van der Waals surface area contributed by atoms with Crippen LogP contribution >= 0.6 is 0 Å². The van der Waals surface area contributed by atoms with Crippen molar-refractivity contribution in [3.8, 4) is 0 Å². The van der Waals surface area contributed by atoms with Crippen LogP contribution in [-0.4, -0.2) is 52.6 Å². The summed E-state index contributed by atoms with van der Waals surface area (Å²) in [6, 6.07) is 8.14. The fraction of sp³-hybridized carbons (Fsp3) is 0.381. The Morgan fingerprint density at radius 1 is 1.07 bits per heavy atom. The fourth-order valence-electron chi connectivity index (χ4n) is 4.83. The second-order valence-electron chi connectivity index (χ2n) is 8.11. The van der Waals surface area contributed by atoms with E-state index >= 15 is 0 Å². The minimum atomic E-state index is -0.466. The smallest absolute Gasteiger partial charge is 0.252 e. The third-order valence-electron chi connectivity index (χ3n) is 6.40. The van der Waals surface area contributed by atoms with Crippen LogP contribution in [0.1, 0.15) is 30.1 Å². The van der Waals surface area contributed by atoms with E-state index in [2.05, 4.69) is 26.8 Å². The molecule has 0 bridgehead atoms. The first-order chi connectivity index (χ1) is 13.5. The zero-order valence-electron chi connectivity index (χ0n) is 15.9. The molecule has 2 saturated heterocycles. The molecule has 1 aromatic carbocycles. The monoisotopic (exact) mass is 377 g/mol. The molecule has 2 aromatic heterocycles. The van der Waals surface area contributed by atoms with Gasteiger partial charge in [-0.2, -0.15) is 0 Å². The average molecular weight is 377 g/mol. The highest BCUT2D eigenvalue weighted by Crippen LogP contribution is 2.41. The number of aromatic nitrogens is 2. The van der Waals surface area contributed by atoms with Crippen molar-refractivity contribution in [2.75, 3.05) is 31.2 Å². The lowest BCUT2D eigenvalue weighted by Crippen LogP contribution is -2.62. The van der Waals surface area contributed by atoms with Gasteiger partial charge in [0.25, 0.3) is 5.91 Å². The Labute approximate surface area is 162 Å². The van der Waals surface area contributed by atoms with Gasteiger partial charge in [-0.1, -0.05) is 18.2 Å². The van der Waals surface area contributed by atoms with Gasteiger partial charge in [-0.25, -0.2) is 0 Å². The zero-order chi connectivity index (χ0) is 19.5. The van der Waals surface area contributed by atoms with E-state index in [1.807, 2.05) is 23.2 Å². The maximum Gasteiger partial charge on any atom is 0.252 e. The number of nitrogens with zero attached hydrogens (tertiary/aromatic N) is 4. The summed E-state index contributed by atoms with van der Waals surface area (Å²) in [4.78, 5) is 29.8. The number of primary amides is 1. The lowest BCUT2D eigenvalue weighted by Gasteiger charge is -2.54. The van der Waals surface area contributed by atoms with E-state index in [0.29, 0.717) is 5.56 Å². The highest BCUT2D eigenvalue weighted by atomic mass is 16.2. The van der Waals surface area contributed by atoms with Gasteiger partial charge in [0.05, 0.1) is 16.6 Å². The molecule has 144 valence electrons. The van der Waals surface area contributed by atoms with E-state index in [-0.39, 0.29) is 11.3 Å². The van der Waals surface area contributed by atoms with Crippen LogP contribution in [0, 0.1) is 5.41 Å². The van der Waals surface area contributed by atoms with Crippen molar-refractivity contribution in [2.45, 2.75) is 19.8 Å². The van der Waals surface area contributed by atoms with Crippen molar-refractivity contribution in [1.82, 2.24) is 14.6 Å². The van der Waals surface area contributed by atoms with Crippen molar-refractivity contribution in [3.63, 3.8) is 0 Å². The number of para-hydroxylation sites is 1. The molecule has 2 amide bonds. The summed E-state index contributed by atoms with van der Waals surface area (Å²) in [7, 11) is 0. The average Bonchev–Trinajstić information content (AvgIpc) is 3.00. The maximum atomic E-state index is 12.1. The van der Waals surface area contributed by atoms with E-state index < -0.39 is 5.91 Å². The van der Waals surface area contributed by atoms with Gasteiger partial charge in [-0.15, -0.1) is 0 Å². The number of amides is 2. The third kappa shape index (κ3) is 2.38. The molecule has 28 heavy (non-hydrogen) atoms. The number of likely N-dealkylation sites (tertiary alicyclic amines) is 1. The molecule has 7 nitrogen and oxygen atoms in total. The first-order valence-electron chi connectivity index (χ1n) is 9.67. The zero-order valence-corrected chi connectivity index (χ0v) is 15.9. The van der Waals surface area contributed by atoms with Gasteiger partial charge in [0.2, 0.25) is 5.91 Å². The Balaban J connectivity index is 1.56. The highest BCUT2D eigenvalue weighted by Gasteiger charge is 2.46. The molecule has 0 aliphatic carbocycles. The first kappa shape index (κ1) is 17.0. The van der Waals surface area contributed by atoms with Gasteiger partial charge < -0.3 is 15.6 Å². The van der Waals surface area contributed by atoms with Gasteiger partial charge in [-0.05, 0) is 18.9 Å². The Morgan fingerprint density at radius 3 is 2.46 bits per heavy atom. The van der Waals surface area contributed by atoms with E-state index in [9.17, 15) is 9.59 Å². The van der Waals surface area contributed by atoms with Crippen molar-refractivity contribution < 1.29 is 9.59 Å². The molecular weight excluding hydrogens is 354 g/mol. The Kier molecular flexibility index (Phi) is 3.62. The van der Waals surface area contributed by atoms with Crippen LogP contribution in [0.15, 0.2) is 36.7 Å². The van der Waals surface area contributed by atoms with Crippen LogP contribution in [-0.2, 0) is 4.79 Å². The standard InChI is InChI=1S/C21H23N5O2/c1-14(27)24-12-21(13-24)6-8-25(9-7-21)26-18-5-3-2-4-15(18)16-10-23-11-17(19(16)26)20(22)28/h2-5,10-11H,6-9,12-13H2,1H3,(H2,22,28). The molecule has 1 spiro atoms. The lowest BCUT2D eigenvalue weighted by molar-refractivity contribution is -0.142. The summed E-state index contributed by atoms with van der Waals surface area (Å²) in [5.74, 6) is -0.305. The molecule has 0 atom stereocenters. The molecule has 2 fully saturated rings. The van der Waals surface area contributed by atoms with Crippen LogP contribution in [0.4, 0.5) is 0 Å². The molecule has 3 aromatic rings. The van der Waals surface area contributed by atoms with Gasteiger partial charge in [0.15, 0.2) is 0 Å². The van der Waals surface area contributed by atoms with Gasteiger partial charge >= 0.3 is 0 Å². The number of piperidine rings is 1. The Morgan fingerprint density at radius 2 is 1.79 bits per heavy atom. The molecule has 7 heteroatoms. The third-order valence-corrected chi connectivity index (χ3v) is 6.40. The van der Waals surface area contributed by atoms with Crippen molar-refractivity contribution >= 4 is 33.6 Å². The van der Waals surface area contributed by atoms with Gasteiger partial charge in [0, 0.05) is 61.7 Å². The summed E-state index contributed by atoms with van der Waals surface area (Å²) < 4.78 is 2.15. The van der Waals surface area contributed by atoms with Gasteiger partial charge in [0.1, 0.15) is 0 Å². The van der Waals surface area contributed by atoms with E-state index in [4.69, 9.17) is 5.73 Å². The molecule has 0 unspecified atom stereocenters. The number of hydrogen-bond donors (Lipinski definition) is 1. The summed E-state index contributed by atoms with van der Waals surface area (Å²) >= 11 is 0. The Hall–Kier alpha value is -3.09. The van der Waals surface area contributed by atoms with Crippen LogP contribution in [0.2, 0.25) is 0 Å². The molecule has 0 radical (unpaired) electrons. The predicted octanol–water partition coefficient (Wildman–Crippen LogP) is 1.87. The minimum Gasteiger partial charge on any atom is -0.365 e. The van der Waals surface area contributed by atoms with Crippen LogP contribution < -0.4 is 10.7 Å². The molecule has 0 saturated carbocycles. The number of benzene rings is 1. The van der Waals surface area contributed by atoms with Gasteiger partial charge in [-0.3, -0.25) is 19.2 Å². The van der Waals surface area contributed by atoms with E-state index in [0.717, 1.165) is 60.8 Å². The first-order valence-corrected chi connectivity index (χ1v) is 9.67. The number of carbonyl (C=O) groups excluding carboxylic acids is 2. The quantitative estimate of drug-likeness (QED) is 0.739. The predicted molar refractivity (Wildman–Crippen MR) is 108 cm³/mol. The number of carbonyl (C=O) groups is 2. The second-order valence-corrected chi connectivity index (χ2v) is 8.11. The molecule has 2 N–H and O–H groups in total. The number of fused-ring (bicyclic) bond motifs is 3. The minimum absolute atomic E-state index is 0.161. The summed E-state index contributed by atoms with van der Waals surface area (Å²) in [6.45, 7) is 5.11. The number of pyridine rings is 1. The molecular formula is C21H23N5O2. The normalized spacial score (nSPS) is 18.6. The van der Waals surface area contributed by atoms with Crippen LogP contribution in [0.3, 0.4) is 0 Å². The molecule has 2 aliphatic rings. The van der Waals surface area contributed by atoms with E-state index in [1.165, 1.54) is 0 Å². The lowest BCUT2D eigenvalue weighted by atomic mass is 9.72. The Bertz CT molecular complexity index is 1100. The van der Waals surface area contributed by atoms with E-state index in [1.54, 1.807) is 13.1 Å². The number of nitrogens with two attached hydrogens (primary N) is 1. The van der Waals surface area contributed by atoms with Crippen molar-refractivity contribution in [3.05, 3.63) is 42.2 Å². The summed E-state index contributed by atoms with van der Waals surface area (Å²) in [6.07, 6.45) is 5.43. The number of rotatable bonds is 2. The van der Waals surface area contributed by atoms with Crippen molar-refractivity contribution in [1.29, 1.82) is 0 Å². The van der Waals surface area contributed by atoms with Crippen molar-refractivity contribution in [2.24, 2.45) is 11.1 Å². The SMILES string of the molecule is CC(=O)N1CC2(CCN(n3c4ccccc4c4cncc(C(N)=O)c43)CC2)C1. The summed E-state index contributed by atoms with van der Waals surface area (Å²) in [5.41, 5.74) is 8.25. The molecule has 2 aliphatic heterocycles. The van der Waals surface area contributed by atoms with Crippen LogP contribution in [0.25, 0.3) is 21.8 Å². The van der Waals surface area contributed by atoms with Crippen LogP contribution in [0.5, 0.6) is 0 Å². The maximum absolute atomic E-state index is 12.1. The summed E-state index contributed by atoms with van der Waals surface area (Å²) in [5, 5.41) is 4.32. The highest BCUT2D eigenvalue weighted by molar-refractivity contribution is 6.15. The fourth-order valence-corrected chi connectivity index (χ4v) is 4.83. The largest absolute Gasteiger partial charge is 0.365 e. The second kappa shape index (κ2) is 5.95. The topological polar surface area (TPSA) is 84.5 Å².